The fourth-order valence-electron chi connectivity index (χ4n) is 4.70. The number of likely N-dealkylation sites (tertiary alicyclic amines) is 1. The van der Waals surface area contributed by atoms with Crippen LogP contribution in [0.2, 0.25) is 0 Å². The van der Waals surface area contributed by atoms with Crippen LogP contribution in [0.1, 0.15) is 34.3 Å². The zero-order chi connectivity index (χ0) is 25.6. The Morgan fingerprint density at radius 3 is 2.53 bits per heavy atom. The highest BCUT2D eigenvalue weighted by molar-refractivity contribution is 5.93. The number of carbonyl (C=O) groups is 1. The molecule has 0 spiro atoms. The fourth-order valence-corrected chi connectivity index (χ4v) is 4.70. The maximum Gasteiger partial charge on any atom is 0.332 e. The number of imidazole rings is 1. The molecule has 1 aromatic carbocycles. The summed E-state index contributed by atoms with van der Waals surface area (Å²) in [5.41, 5.74) is 2.41. The van der Waals surface area contributed by atoms with Crippen LogP contribution in [0.15, 0.2) is 46.2 Å². The number of benzene rings is 1. The van der Waals surface area contributed by atoms with Crippen LogP contribution in [0, 0.1) is 6.92 Å². The summed E-state index contributed by atoms with van der Waals surface area (Å²) >= 11 is 0. The standard InChI is InChI=1S/C25H29N7O4/c1-16-6-5-7-17(12-16)14-32-20-21(29(3)25(35)30(4)23(20)34)27-24(32)36-19-8-10-31(11-9-19)22(33)18-13-26-28(2)15-18/h5-7,12-13,15,19H,8-11,14H2,1-4H3. The van der Waals surface area contributed by atoms with E-state index in [4.69, 9.17) is 4.74 Å². The number of aryl methyl sites for hydroxylation is 3. The molecule has 0 saturated carbocycles. The number of aromatic nitrogens is 6. The second-order valence-electron chi connectivity index (χ2n) is 9.36. The molecule has 0 unspecified atom stereocenters. The zero-order valence-corrected chi connectivity index (χ0v) is 20.8. The van der Waals surface area contributed by atoms with Gasteiger partial charge in [-0.3, -0.25) is 28.0 Å². The average Bonchev–Trinajstić information content (AvgIpc) is 3.45. The normalized spacial score (nSPS) is 14.5. The Morgan fingerprint density at radius 1 is 1.11 bits per heavy atom. The Hall–Kier alpha value is -4.15. The molecule has 36 heavy (non-hydrogen) atoms. The summed E-state index contributed by atoms with van der Waals surface area (Å²) in [7, 11) is 4.84. The Morgan fingerprint density at radius 2 is 1.86 bits per heavy atom. The van der Waals surface area contributed by atoms with Crippen LogP contribution >= 0.6 is 0 Å². The summed E-state index contributed by atoms with van der Waals surface area (Å²) in [5, 5.41) is 4.08. The molecule has 11 nitrogen and oxygen atoms in total. The van der Waals surface area contributed by atoms with Gasteiger partial charge in [0.15, 0.2) is 11.2 Å². The molecule has 4 heterocycles. The van der Waals surface area contributed by atoms with E-state index in [1.54, 1.807) is 40.6 Å². The predicted octanol–water partition coefficient (Wildman–Crippen LogP) is 1.21. The van der Waals surface area contributed by atoms with E-state index in [-0.39, 0.29) is 17.7 Å². The summed E-state index contributed by atoms with van der Waals surface area (Å²) in [5.74, 6) is -0.0493. The number of hydrogen-bond acceptors (Lipinski definition) is 6. The van der Waals surface area contributed by atoms with Crippen LogP contribution in [-0.4, -0.2) is 58.5 Å². The highest BCUT2D eigenvalue weighted by atomic mass is 16.5. The largest absolute Gasteiger partial charge is 0.461 e. The van der Waals surface area contributed by atoms with E-state index in [1.807, 2.05) is 31.2 Å². The van der Waals surface area contributed by atoms with Gasteiger partial charge in [-0.05, 0) is 12.5 Å². The molecule has 5 rings (SSSR count). The molecule has 11 heteroatoms. The first-order valence-corrected chi connectivity index (χ1v) is 11.9. The van der Waals surface area contributed by atoms with E-state index in [0.29, 0.717) is 49.6 Å². The molecule has 1 aliphatic rings. The van der Waals surface area contributed by atoms with Gasteiger partial charge in [0, 0.05) is 53.3 Å². The Balaban J connectivity index is 1.44. The highest BCUT2D eigenvalue weighted by Gasteiger charge is 2.28. The van der Waals surface area contributed by atoms with Crippen molar-refractivity contribution in [2.45, 2.75) is 32.4 Å². The van der Waals surface area contributed by atoms with Crippen molar-refractivity contribution in [3.05, 3.63) is 74.2 Å². The van der Waals surface area contributed by atoms with Gasteiger partial charge >= 0.3 is 5.69 Å². The maximum absolute atomic E-state index is 13.1. The molecule has 0 radical (unpaired) electrons. The minimum absolute atomic E-state index is 0.0493. The summed E-state index contributed by atoms with van der Waals surface area (Å²) < 4.78 is 12.1. The van der Waals surface area contributed by atoms with Gasteiger partial charge in [0.25, 0.3) is 17.5 Å². The number of amides is 1. The molecule has 1 saturated heterocycles. The molecule has 0 bridgehead atoms. The molecule has 3 aromatic heterocycles. The van der Waals surface area contributed by atoms with Crippen LogP contribution in [-0.2, 0) is 27.7 Å². The van der Waals surface area contributed by atoms with Crippen molar-refractivity contribution in [3.63, 3.8) is 0 Å². The van der Waals surface area contributed by atoms with E-state index < -0.39 is 11.2 Å². The van der Waals surface area contributed by atoms with Crippen molar-refractivity contribution in [2.24, 2.45) is 21.1 Å². The lowest BCUT2D eigenvalue weighted by Crippen LogP contribution is -2.42. The molecule has 1 aliphatic heterocycles. The molecular weight excluding hydrogens is 462 g/mol. The maximum atomic E-state index is 13.1. The van der Waals surface area contributed by atoms with Crippen LogP contribution < -0.4 is 16.0 Å². The van der Waals surface area contributed by atoms with Gasteiger partial charge in [-0.2, -0.15) is 10.1 Å². The van der Waals surface area contributed by atoms with Crippen molar-refractivity contribution in [2.75, 3.05) is 13.1 Å². The summed E-state index contributed by atoms with van der Waals surface area (Å²) in [6.45, 7) is 3.46. The molecule has 188 valence electrons. The number of carbonyl (C=O) groups excluding carboxylic acids is 1. The van der Waals surface area contributed by atoms with Crippen molar-refractivity contribution in [1.29, 1.82) is 0 Å². The van der Waals surface area contributed by atoms with Crippen molar-refractivity contribution >= 4 is 17.1 Å². The first kappa shape index (κ1) is 23.6. The molecule has 0 N–H and O–H groups in total. The number of ether oxygens (including phenoxy) is 1. The Labute approximate surface area is 207 Å². The number of nitrogens with zero attached hydrogens (tertiary/aromatic N) is 7. The first-order valence-electron chi connectivity index (χ1n) is 11.9. The number of hydrogen-bond donors (Lipinski definition) is 0. The molecule has 1 amide bonds. The van der Waals surface area contributed by atoms with Gasteiger partial charge in [0.1, 0.15) is 6.10 Å². The minimum atomic E-state index is -0.443. The van der Waals surface area contributed by atoms with E-state index in [0.717, 1.165) is 15.7 Å². The summed E-state index contributed by atoms with van der Waals surface area (Å²) in [6, 6.07) is 8.30. The second kappa shape index (κ2) is 9.14. The summed E-state index contributed by atoms with van der Waals surface area (Å²) in [4.78, 5) is 44.8. The van der Waals surface area contributed by atoms with Gasteiger partial charge in [-0.15, -0.1) is 0 Å². The second-order valence-corrected chi connectivity index (χ2v) is 9.36. The van der Waals surface area contributed by atoms with Crippen LogP contribution in [0.3, 0.4) is 0 Å². The zero-order valence-electron chi connectivity index (χ0n) is 20.8. The van der Waals surface area contributed by atoms with Gasteiger partial charge in [0.05, 0.1) is 18.3 Å². The first-order chi connectivity index (χ1) is 17.2. The third kappa shape index (κ3) is 4.21. The topological polar surface area (TPSA) is 109 Å². The van der Waals surface area contributed by atoms with Gasteiger partial charge in [0.2, 0.25) is 0 Å². The van der Waals surface area contributed by atoms with Crippen molar-refractivity contribution in [1.82, 2.24) is 33.4 Å². The van der Waals surface area contributed by atoms with Crippen molar-refractivity contribution < 1.29 is 9.53 Å². The number of fused-ring (bicyclic) bond motifs is 1. The predicted molar refractivity (Wildman–Crippen MR) is 133 cm³/mol. The van der Waals surface area contributed by atoms with Gasteiger partial charge in [-0.25, -0.2) is 4.79 Å². The average molecular weight is 492 g/mol. The lowest BCUT2D eigenvalue weighted by atomic mass is 10.1. The molecule has 0 aliphatic carbocycles. The lowest BCUT2D eigenvalue weighted by Gasteiger charge is -2.31. The third-order valence-electron chi connectivity index (χ3n) is 6.69. The van der Waals surface area contributed by atoms with Crippen LogP contribution in [0.25, 0.3) is 11.2 Å². The van der Waals surface area contributed by atoms with E-state index in [2.05, 4.69) is 10.1 Å². The Kier molecular flexibility index (Phi) is 5.99. The van der Waals surface area contributed by atoms with Gasteiger partial charge < -0.3 is 9.64 Å². The van der Waals surface area contributed by atoms with Crippen LogP contribution in [0.4, 0.5) is 0 Å². The molecule has 4 aromatic rings. The third-order valence-corrected chi connectivity index (χ3v) is 6.69. The lowest BCUT2D eigenvalue weighted by molar-refractivity contribution is 0.0572. The fraction of sp³-hybridized carbons (Fsp3) is 0.400. The van der Waals surface area contributed by atoms with Crippen molar-refractivity contribution in [3.8, 4) is 6.01 Å². The molecule has 0 atom stereocenters. The molecular formula is C25H29N7O4. The SMILES string of the molecule is Cc1cccc(Cn2c(OC3CCN(C(=O)c4cnn(C)c4)CC3)nc3c2c(=O)n(C)c(=O)n3C)c1. The quantitative estimate of drug-likeness (QED) is 0.415. The minimum Gasteiger partial charge on any atom is -0.461 e. The van der Waals surface area contributed by atoms with Crippen LogP contribution in [0.5, 0.6) is 6.01 Å². The molecule has 1 fully saturated rings. The van der Waals surface area contributed by atoms with Gasteiger partial charge in [-0.1, -0.05) is 29.8 Å². The summed E-state index contributed by atoms with van der Waals surface area (Å²) in [6.07, 6.45) is 4.34. The van der Waals surface area contributed by atoms with E-state index >= 15 is 0 Å². The van der Waals surface area contributed by atoms with E-state index in [1.165, 1.54) is 11.6 Å². The highest BCUT2D eigenvalue weighted by Crippen LogP contribution is 2.24. The monoisotopic (exact) mass is 491 g/mol. The smallest absolute Gasteiger partial charge is 0.332 e. The Bertz CT molecular complexity index is 1570. The number of piperidine rings is 1. The number of rotatable bonds is 5. The van der Waals surface area contributed by atoms with E-state index in [9.17, 15) is 14.4 Å².